The average molecular weight is 184 g/mol. The fourth-order valence-electron chi connectivity index (χ4n) is 1.23. The quantitative estimate of drug-likeness (QED) is 0.623. The first kappa shape index (κ1) is 7.37. The highest BCUT2D eigenvalue weighted by Crippen LogP contribution is 2.30. The molecule has 1 aliphatic rings. The van der Waals surface area contributed by atoms with Gasteiger partial charge in [-0.1, -0.05) is 0 Å². The van der Waals surface area contributed by atoms with Crippen molar-refractivity contribution in [1.29, 1.82) is 0 Å². The number of thiophene rings is 1. The molecule has 0 saturated carbocycles. The van der Waals surface area contributed by atoms with Crippen molar-refractivity contribution in [2.75, 3.05) is 5.75 Å². The summed E-state index contributed by atoms with van der Waals surface area (Å²) in [6, 6.07) is 2.03. The Bertz CT molecular complexity index is 254. The summed E-state index contributed by atoms with van der Waals surface area (Å²) < 4.78 is 0. The maximum absolute atomic E-state index is 10.4. The second-order valence-electron chi connectivity index (χ2n) is 2.52. The zero-order valence-corrected chi connectivity index (χ0v) is 7.63. The van der Waals surface area contributed by atoms with Gasteiger partial charge in [-0.2, -0.15) is 11.8 Å². The molecule has 2 heterocycles. The first-order valence-electron chi connectivity index (χ1n) is 3.54. The van der Waals surface area contributed by atoms with E-state index in [1.807, 2.05) is 17.8 Å². The van der Waals surface area contributed by atoms with Crippen LogP contribution in [-0.4, -0.2) is 12.0 Å². The van der Waals surface area contributed by atoms with Crippen LogP contribution in [0.15, 0.2) is 6.07 Å². The van der Waals surface area contributed by atoms with Gasteiger partial charge in [-0.15, -0.1) is 11.3 Å². The maximum Gasteiger partial charge on any atom is 0.160 e. The molecule has 58 valence electrons. The summed E-state index contributed by atoms with van der Waals surface area (Å²) in [4.78, 5) is 12.7. The lowest BCUT2D eigenvalue weighted by atomic mass is 10.2. The highest BCUT2D eigenvalue weighted by Gasteiger charge is 2.12. The Morgan fingerprint density at radius 3 is 3.18 bits per heavy atom. The van der Waals surface area contributed by atoms with Crippen LogP contribution in [0.5, 0.6) is 0 Å². The minimum atomic E-state index is 0.887. The van der Waals surface area contributed by atoms with Gasteiger partial charge in [0.1, 0.15) is 0 Å². The topological polar surface area (TPSA) is 17.1 Å². The summed E-state index contributed by atoms with van der Waals surface area (Å²) in [7, 11) is 0. The largest absolute Gasteiger partial charge is 0.297 e. The standard InChI is InChI=1S/C8H8OS2/c9-4-7-3-6-5-10-2-1-8(6)11-7/h3-4H,1-2,5H2. The minimum absolute atomic E-state index is 0.887. The Kier molecular flexibility index (Phi) is 2.00. The monoisotopic (exact) mass is 184 g/mol. The van der Waals surface area contributed by atoms with Crippen LogP contribution in [0.3, 0.4) is 0 Å². The van der Waals surface area contributed by atoms with E-state index in [0.717, 1.165) is 23.3 Å². The van der Waals surface area contributed by atoms with E-state index in [2.05, 4.69) is 0 Å². The Labute approximate surface area is 73.8 Å². The van der Waals surface area contributed by atoms with Gasteiger partial charge in [0.05, 0.1) is 4.88 Å². The molecule has 0 unspecified atom stereocenters. The van der Waals surface area contributed by atoms with Crippen LogP contribution in [-0.2, 0) is 12.2 Å². The van der Waals surface area contributed by atoms with Crippen molar-refractivity contribution in [2.45, 2.75) is 12.2 Å². The number of carbonyl (C=O) groups is 1. The lowest BCUT2D eigenvalue weighted by molar-refractivity contribution is 0.112. The zero-order chi connectivity index (χ0) is 7.68. The van der Waals surface area contributed by atoms with Crippen molar-refractivity contribution in [1.82, 2.24) is 0 Å². The average Bonchev–Trinajstić information content (AvgIpc) is 2.46. The van der Waals surface area contributed by atoms with E-state index in [9.17, 15) is 4.79 Å². The van der Waals surface area contributed by atoms with Gasteiger partial charge >= 0.3 is 0 Å². The minimum Gasteiger partial charge on any atom is -0.297 e. The van der Waals surface area contributed by atoms with E-state index in [4.69, 9.17) is 0 Å². The van der Waals surface area contributed by atoms with Crippen molar-refractivity contribution in [2.24, 2.45) is 0 Å². The van der Waals surface area contributed by atoms with E-state index in [1.54, 1.807) is 11.3 Å². The fraction of sp³-hybridized carbons (Fsp3) is 0.375. The van der Waals surface area contributed by atoms with E-state index >= 15 is 0 Å². The van der Waals surface area contributed by atoms with Crippen molar-refractivity contribution in [3.63, 3.8) is 0 Å². The van der Waals surface area contributed by atoms with Crippen molar-refractivity contribution < 1.29 is 4.79 Å². The molecule has 1 nitrogen and oxygen atoms in total. The predicted octanol–water partition coefficient (Wildman–Crippen LogP) is 2.35. The molecule has 0 N–H and O–H groups in total. The van der Waals surface area contributed by atoms with Gasteiger partial charge in [-0.25, -0.2) is 0 Å². The summed E-state index contributed by atoms with van der Waals surface area (Å²) in [5.41, 5.74) is 1.38. The second kappa shape index (κ2) is 2.99. The number of carbonyl (C=O) groups excluding carboxylic acids is 1. The molecule has 0 fully saturated rings. The maximum atomic E-state index is 10.4. The summed E-state index contributed by atoms with van der Waals surface area (Å²) in [6.07, 6.45) is 2.10. The van der Waals surface area contributed by atoms with Crippen LogP contribution in [0, 0.1) is 0 Å². The van der Waals surface area contributed by atoms with Crippen molar-refractivity contribution in [3.05, 3.63) is 21.4 Å². The van der Waals surface area contributed by atoms with Gasteiger partial charge in [0, 0.05) is 10.6 Å². The molecule has 0 saturated heterocycles. The normalized spacial score (nSPS) is 16.0. The van der Waals surface area contributed by atoms with Crippen LogP contribution >= 0.6 is 23.1 Å². The lowest BCUT2D eigenvalue weighted by Gasteiger charge is -2.08. The third kappa shape index (κ3) is 1.35. The van der Waals surface area contributed by atoms with E-state index < -0.39 is 0 Å². The third-order valence-corrected chi connectivity index (χ3v) is 3.93. The molecular weight excluding hydrogens is 176 g/mol. The summed E-state index contributed by atoms with van der Waals surface area (Å²) in [5, 5.41) is 0. The molecule has 1 aliphatic heterocycles. The number of aryl methyl sites for hydroxylation is 1. The fourth-order valence-corrected chi connectivity index (χ4v) is 3.42. The molecule has 3 heteroatoms. The van der Waals surface area contributed by atoms with Gasteiger partial charge in [-0.05, 0) is 23.8 Å². The number of fused-ring (bicyclic) bond motifs is 1. The number of rotatable bonds is 1. The van der Waals surface area contributed by atoms with Gasteiger partial charge < -0.3 is 0 Å². The third-order valence-electron chi connectivity index (χ3n) is 1.76. The molecule has 1 aromatic heterocycles. The number of thioether (sulfide) groups is 1. The van der Waals surface area contributed by atoms with Crippen LogP contribution in [0.2, 0.25) is 0 Å². The van der Waals surface area contributed by atoms with E-state index in [-0.39, 0.29) is 0 Å². The molecule has 0 bridgehead atoms. The van der Waals surface area contributed by atoms with Gasteiger partial charge in [0.25, 0.3) is 0 Å². The SMILES string of the molecule is O=Cc1cc2c(s1)CCSC2. The molecule has 2 rings (SSSR count). The van der Waals surface area contributed by atoms with Gasteiger partial charge in [-0.3, -0.25) is 4.79 Å². The molecule has 0 aromatic carbocycles. The highest BCUT2D eigenvalue weighted by molar-refractivity contribution is 7.98. The molecule has 0 radical (unpaired) electrons. The predicted molar refractivity (Wildman–Crippen MR) is 49.6 cm³/mol. The second-order valence-corrected chi connectivity index (χ2v) is 4.79. The van der Waals surface area contributed by atoms with Crippen molar-refractivity contribution in [3.8, 4) is 0 Å². The molecule has 11 heavy (non-hydrogen) atoms. The van der Waals surface area contributed by atoms with Gasteiger partial charge in [0.15, 0.2) is 6.29 Å². The number of hydrogen-bond acceptors (Lipinski definition) is 3. The molecule has 0 aliphatic carbocycles. The number of hydrogen-bond donors (Lipinski definition) is 0. The molecule has 1 aromatic rings. The lowest BCUT2D eigenvalue weighted by Crippen LogP contribution is -1.96. The molecule has 0 atom stereocenters. The Balaban J connectivity index is 2.39. The Hall–Kier alpha value is -0.280. The summed E-state index contributed by atoms with van der Waals surface area (Å²) in [5.74, 6) is 2.31. The molecular formula is C8H8OS2. The smallest absolute Gasteiger partial charge is 0.160 e. The first-order chi connectivity index (χ1) is 5.40. The Morgan fingerprint density at radius 1 is 1.55 bits per heavy atom. The van der Waals surface area contributed by atoms with Crippen LogP contribution < -0.4 is 0 Å². The zero-order valence-electron chi connectivity index (χ0n) is 6.00. The summed E-state index contributed by atoms with van der Waals surface area (Å²) >= 11 is 3.61. The van der Waals surface area contributed by atoms with Crippen LogP contribution in [0.4, 0.5) is 0 Å². The van der Waals surface area contributed by atoms with Gasteiger partial charge in [0.2, 0.25) is 0 Å². The molecule has 0 amide bonds. The molecule has 0 spiro atoms. The van der Waals surface area contributed by atoms with E-state index in [1.165, 1.54) is 16.2 Å². The van der Waals surface area contributed by atoms with Crippen LogP contribution in [0.25, 0.3) is 0 Å². The Morgan fingerprint density at radius 2 is 2.45 bits per heavy atom. The summed E-state index contributed by atoms with van der Waals surface area (Å²) in [6.45, 7) is 0. The highest BCUT2D eigenvalue weighted by atomic mass is 32.2. The van der Waals surface area contributed by atoms with Crippen LogP contribution in [0.1, 0.15) is 20.1 Å². The van der Waals surface area contributed by atoms with E-state index in [0.29, 0.717) is 0 Å². The number of aldehydes is 1. The van der Waals surface area contributed by atoms with Crippen molar-refractivity contribution >= 4 is 29.4 Å². The first-order valence-corrected chi connectivity index (χ1v) is 5.52.